The third kappa shape index (κ3) is 4.45. The van der Waals surface area contributed by atoms with Crippen LogP contribution in [0.25, 0.3) is 0 Å². The predicted octanol–water partition coefficient (Wildman–Crippen LogP) is 1.92. The van der Waals surface area contributed by atoms with E-state index < -0.39 is 0 Å². The minimum Gasteiger partial charge on any atom is -0.391 e. The Morgan fingerprint density at radius 1 is 1.25 bits per heavy atom. The third-order valence-corrected chi connectivity index (χ3v) is 4.78. The van der Waals surface area contributed by atoms with E-state index in [0.29, 0.717) is 18.4 Å². The van der Waals surface area contributed by atoms with Crippen LogP contribution in [-0.2, 0) is 4.79 Å². The van der Waals surface area contributed by atoms with E-state index in [4.69, 9.17) is 0 Å². The average molecular weight is 282 g/mol. The summed E-state index contributed by atoms with van der Waals surface area (Å²) < 4.78 is 0. The minimum absolute atomic E-state index is 0.141. The van der Waals surface area contributed by atoms with Gasteiger partial charge in [0.25, 0.3) is 0 Å². The number of nitrogens with zero attached hydrogens (tertiary/aromatic N) is 1. The fourth-order valence-electron chi connectivity index (χ4n) is 3.66. The first-order chi connectivity index (χ1) is 9.70. The highest BCUT2D eigenvalue weighted by Crippen LogP contribution is 2.27. The standard InChI is InChI=1S/C16H30N2O2/c1-2-6-16(20)17-11-13-7-5-10-18(12-13)14-8-3-4-9-15(14)19/h13-15,19H,2-12H2,1H3,(H,17,20)/t13-,14-,15-/m0/s1. The van der Waals surface area contributed by atoms with Gasteiger partial charge in [-0.15, -0.1) is 0 Å². The van der Waals surface area contributed by atoms with E-state index in [0.717, 1.165) is 38.9 Å². The fraction of sp³-hybridized carbons (Fsp3) is 0.938. The lowest BCUT2D eigenvalue weighted by Crippen LogP contribution is -2.51. The van der Waals surface area contributed by atoms with Crippen LogP contribution in [0.3, 0.4) is 0 Å². The Labute approximate surface area is 122 Å². The summed E-state index contributed by atoms with van der Waals surface area (Å²) in [4.78, 5) is 14.0. The summed E-state index contributed by atoms with van der Waals surface area (Å²) in [6, 6.07) is 0.359. The van der Waals surface area contributed by atoms with Crippen LogP contribution in [0.1, 0.15) is 58.3 Å². The molecule has 0 unspecified atom stereocenters. The zero-order valence-corrected chi connectivity index (χ0v) is 12.8. The van der Waals surface area contributed by atoms with Gasteiger partial charge >= 0.3 is 0 Å². The summed E-state index contributed by atoms with van der Waals surface area (Å²) in [6.45, 7) is 4.99. The van der Waals surface area contributed by atoms with E-state index in [9.17, 15) is 9.90 Å². The number of likely N-dealkylation sites (tertiary alicyclic amines) is 1. The van der Waals surface area contributed by atoms with Crippen molar-refractivity contribution in [2.75, 3.05) is 19.6 Å². The molecule has 0 radical (unpaired) electrons. The molecule has 4 nitrogen and oxygen atoms in total. The van der Waals surface area contributed by atoms with Gasteiger partial charge in [-0.2, -0.15) is 0 Å². The topological polar surface area (TPSA) is 52.6 Å². The number of aliphatic hydroxyl groups excluding tert-OH is 1. The lowest BCUT2D eigenvalue weighted by Gasteiger charge is -2.42. The molecule has 2 N–H and O–H groups in total. The quantitative estimate of drug-likeness (QED) is 0.810. The molecule has 2 rings (SSSR count). The van der Waals surface area contributed by atoms with Crippen LogP contribution in [0.4, 0.5) is 0 Å². The van der Waals surface area contributed by atoms with Crippen LogP contribution in [-0.4, -0.2) is 47.7 Å². The van der Waals surface area contributed by atoms with Gasteiger partial charge in [0.1, 0.15) is 0 Å². The van der Waals surface area contributed by atoms with E-state index in [-0.39, 0.29) is 12.0 Å². The summed E-state index contributed by atoms with van der Waals surface area (Å²) in [7, 11) is 0. The van der Waals surface area contributed by atoms with Gasteiger partial charge in [-0.25, -0.2) is 0 Å². The number of carbonyl (C=O) groups is 1. The molecule has 1 heterocycles. The van der Waals surface area contributed by atoms with Crippen molar-refractivity contribution in [1.82, 2.24) is 10.2 Å². The molecule has 1 amide bonds. The maximum atomic E-state index is 11.6. The molecule has 2 aliphatic rings. The molecule has 0 bridgehead atoms. The molecular weight excluding hydrogens is 252 g/mol. The lowest BCUT2D eigenvalue weighted by atomic mass is 9.88. The molecule has 20 heavy (non-hydrogen) atoms. The monoisotopic (exact) mass is 282 g/mol. The molecule has 0 spiro atoms. The highest BCUT2D eigenvalue weighted by Gasteiger charge is 2.31. The van der Waals surface area contributed by atoms with Gasteiger partial charge in [0.05, 0.1) is 6.10 Å². The van der Waals surface area contributed by atoms with Gasteiger partial charge in [-0.05, 0) is 44.6 Å². The molecule has 0 aromatic carbocycles. The van der Waals surface area contributed by atoms with Crippen molar-refractivity contribution in [3.05, 3.63) is 0 Å². The zero-order chi connectivity index (χ0) is 14.4. The van der Waals surface area contributed by atoms with Crippen LogP contribution in [0.5, 0.6) is 0 Å². The van der Waals surface area contributed by atoms with Gasteiger partial charge in [0.15, 0.2) is 0 Å². The number of aliphatic hydroxyl groups is 1. The molecule has 4 heteroatoms. The van der Waals surface area contributed by atoms with E-state index in [2.05, 4.69) is 10.2 Å². The molecule has 1 aliphatic carbocycles. The number of piperidine rings is 1. The molecule has 3 atom stereocenters. The van der Waals surface area contributed by atoms with E-state index in [1.54, 1.807) is 0 Å². The first kappa shape index (κ1) is 15.8. The third-order valence-electron chi connectivity index (χ3n) is 4.78. The summed E-state index contributed by atoms with van der Waals surface area (Å²) in [5.41, 5.74) is 0. The molecule has 0 aromatic rings. The first-order valence-electron chi connectivity index (χ1n) is 8.39. The Morgan fingerprint density at radius 3 is 2.80 bits per heavy atom. The van der Waals surface area contributed by atoms with Crippen LogP contribution >= 0.6 is 0 Å². The molecule has 116 valence electrons. The SMILES string of the molecule is CCCC(=O)NC[C@@H]1CCCN([C@H]2CCCC[C@@H]2O)C1. The highest BCUT2D eigenvalue weighted by atomic mass is 16.3. The molecule has 1 saturated carbocycles. The Balaban J connectivity index is 1.77. The van der Waals surface area contributed by atoms with E-state index in [1.165, 1.54) is 25.7 Å². The summed E-state index contributed by atoms with van der Waals surface area (Å²) >= 11 is 0. The number of hydrogen-bond donors (Lipinski definition) is 2. The molecule has 0 aromatic heterocycles. The predicted molar refractivity (Wildman–Crippen MR) is 80.5 cm³/mol. The average Bonchev–Trinajstić information content (AvgIpc) is 2.46. The minimum atomic E-state index is -0.141. The largest absolute Gasteiger partial charge is 0.391 e. The van der Waals surface area contributed by atoms with Crippen molar-refractivity contribution < 1.29 is 9.90 Å². The maximum absolute atomic E-state index is 11.6. The number of amides is 1. The van der Waals surface area contributed by atoms with Crippen molar-refractivity contribution in [1.29, 1.82) is 0 Å². The van der Waals surface area contributed by atoms with Crippen molar-refractivity contribution >= 4 is 5.91 Å². The molecule has 1 saturated heterocycles. The lowest BCUT2D eigenvalue weighted by molar-refractivity contribution is -0.121. The summed E-state index contributed by atoms with van der Waals surface area (Å²) in [6.07, 6.45) is 8.31. The second kappa shape index (κ2) is 7.99. The Kier molecular flexibility index (Phi) is 6.30. The Hall–Kier alpha value is -0.610. The number of rotatable bonds is 5. The Morgan fingerprint density at radius 2 is 2.05 bits per heavy atom. The van der Waals surface area contributed by atoms with Gasteiger partial charge in [-0.1, -0.05) is 19.8 Å². The van der Waals surface area contributed by atoms with Crippen LogP contribution in [0.15, 0.2) is 0 Å². The summed E-state index contributed by atoms with van der Waals surface area (Å²) in [5.74, 6) is 0.737. The van der Waals surface area contributed by atoms with Gasteiger partial charge < -0.3 is 10.4 Å². The maximum Gasteiger partial charge on any atom is 0.219 e. The highest BCUT2D eigenvalue weighted by molar-refractivity contribution is 5.75. The molecular formula is C16H30N2O2. The van der Waals surface area contributed by atoms with Crippen molar-refractivity contribution in [2.24, 2.45) is 5.92 Å². The number of nitrogens with one attached hydrogen (secondary N) is 1. The van der Waals surface area contributed by atoms with E-state index >= 15 is 0 Å². The van der Waals surface area contributed by atoms with Crippen molar-refractivity contribution in [3.63, 3.8) is 0 Å². The van der Waals surface area contributed by atoms with Gasteiger partial charge in [0, 0.05) is 25.6 Å². The second-order valence-corrected chi connectivity index (χ2v) is 6.48. The van der Waals surface area contributed by atoms with Crippen LogP contribution in [0, 0.1) is 5.92 Å². The van der Waals surface area contributed by atoms with Gasteiger partial charge in [0.2, 0.25) is 5.91 Å². The van der Waals surface area contributed by atoms with Crippen LogP contribution < -0.4 is 5.32 Å². The fourth-order valence-corrected chi connectivity index (χ4v) is 3.66. The van der Waals surface area contributed by atoms with Crippen LogP contribution in [0.2, 0.25) is 0 Å². The molecule has 2 fully saturated rings. The first-order valence-corrected chi connectivity index (χ1v) is 8.39. The smallest absolute Gasteiger partial charge is 0.219 e. The zero-order valence-electron chi connectivity index (χ0n) is 12.8. The Bertz CT molecular complexity index is 309. The number of carbonyl (C=O) groups excluding carboxylic acids is 1. The van der Waals surface area contributed by atoms with Gasteiger partial charge in [-0.3, -0.25) is 9.69 Å². The normalized spacial score (nSPS) is 32.0. The van der Waals surface area contributed by atoms with Crippen molar-refractivity contribution in [3.8, 4) is 0 Å². The summed E-state index contributed by atoms with van der Waals surface area (Å²) in [5, 5.41) is 13.2. The van der Waals surface area contributed by atoms with Crippen molar-refractivity contribution in [2.45, 2.75) is 70.4 Å². The second-order valence-electron chi connectivity index (χ2n) is 6.48. The number of hydrogen-bond acceptors (Lipinski definition) is 3. The van der Waals surface area contributed by atoms with E-state index in [1.807, 2.05) is 6.92 Å². The molecule has 1 aliphatic heterocycles.